The molecule has 2 atom stereocenters. The second-order valence-electron chi connectivity index (χ2n) is 9.09. The van der Waals surface area contributed by atoms with Crippen molar-refractivity contribution in [2.24, 2.45) is 5.92 Å². The van der Waals surface area contributed by atoms with Gasteiger partial charge in [-0.1, -0.05) is 42.3 Å². The minimum Gasteiger partial charge on any atom is -0.495 e. The summed E-state index contributed by atoms with van der Waals surface area (Å²) in [5, 5.41) is 2.87. The number of methoxy groups -OCH3 is 1. The van der Waals surface area contributed by atoms with Crippen LogP contribution in [0.15, 0.2) is 36.4 Å². The van der Waals surface area contributed by atoms with Gasteiger partial charge in [-0.25, -0.2) is 0 Å². The first-order valence-corrected chi connectivity index (χ1v) is 11.6. The second kappa shape index (κ2) is 11.5. The van der Waals surface area contributed by atoms with Gasteiger partial charge in [0.1, 0.15) is 11.4 Å². The molecule has 5 nitrogen and oxygen atoms in total. The Morgan fingerprint density at radius 2 is 1.66 bits per heavy atom. The number of halogens is 5. The zero-order valence-electron chi connectivity index (χ0n) is 20.1. The van der Waals surface area contributed by atoms with Crippen molar-refractivity contribution >= 4 is 40.8 Å². The molecule has 0 saturated carbocycles. The van der Waals surface area contributed by atoms with Gasteiger partial charge < -0.3 is 14.8 Å². The Morgan fingerprint density at radius 3 is 2.23 bits per heavy atom. The molecule has 0 bridgehead atoms. The van der Waals surface area contributed by atoms with E-state index >= 15 is 0 Å². The number of ether oxygens (including phenoxy) is 2. The lowest BCUT2D eigenvalue weighted by molar-refractivity contribution is -0.178. The quantitative estimate of drug-likeness (QED) is 0.364. The molecular formula is C25H28Cl2F3NO4. The van der Waals surface area contributed by atoms with Crippen molar-refractivity contribution in [3.05, 3.63) is 57.6 Å². The Balaban J connectivity index is 2.30. The summed E-state index contributed by atoms with van der Waals surface area (Å²) >= 11 is 12.2. The Bertz CT molecular complexity index is 1070. The molecule has 2 aromatic rings. The molecule has 0 radical (unpaired) electrons. The van der Waals surface area contributed by atoms with Gasteiger partial charge in [0.2, 0.25) is 5.91 Å². The minimum atomic E-state index is -4.64. The van der Waals surface area contributed by atoms with Crippen LogP contribution in [-0.4, -0.2) is 30.8 Å². The van der Waals surface area contributed by atoms with E-state index in [0.717, 1.165) is 6.92 Å². The molecule has 1 amide bonds. The molecule has 2 aromatic carbocycles. The number of alkyl halides is 3. The van der Waals surface area contributed by atoms with Gasteiger partial charge in [-0.05, 0) is 62.6 Å². The molecule has 0 aliphatic rings. The zero-order valence-corrected chi connectivity index (χ0v) is 21.6. The van der Waals surface area contributed by atoms with E-state index < -0.39 is 35.5 Å². The molecule has 0 fully saturated rings. The van der Waals surface area contributed by atoms with Crippen molar-refractivity contribution < 1.29 is 32.2 Å². The number of carbonyl (C=O) groups is 2. The Morgan fingerprint density at radius 1 is 1.03 bits per heavy atom. The van der Waals surface area contributed by atoms with E-state index in [-0.39, 0.29) is 33.5 Å². The highest BCUT2D eigenvalue weighted by Gasteiger charge is 2.45. The van der Waals surface area contributed by atoms with Crippen LogP contribution in [0.4, 0.5) is 18.9 Å². The highest BCUT2D eigenvalue weighted by Crippen LogP contribution is 2.40. The normalized spacial score (nSPS) is 13.7. The van der Waals surface area contributed by atoms with Crippen LogP contribution < -0.4 is 10.1 Å². The number of benzene rings is 2. The van der Waals surface area contributed by atoms with Gasteiger partial charge in [0.25, 0.3) is 0 Å². The summed E-state index contributed by atoms with van der Waals surface area (Å²) in [5.41, 5.74) is 0.263. The average Bonchev–Trinajstić information content (AvgIpc) is 2.73. The van der Waals surface area contributed by atoms with Gasteiger partial charge in [0.05, 0.1) is 34.7 Å². The summed E-state index contributed by atoms with van der Waals surface area (Å²) in [6.45, 7) is 6.21. The molecule has 0 unspecified atom stereocenters. The first-order chi connectivity index (χ1) is 16.1. The monoisotopic (exact) mass is 533 g/mol. The summed E-state index contributed by atoms with van der Waals surface area (Å²) in [7, 11) is 1.33. The first kappa shape index (κ1) is 28.8. The van der Waals surface area contributed by atoms with Crippen molar-refractivity contribution in [3.8, 4) is 5.75 Å². The Hall–Kier alpha value is -2.45. The highest BCUT2D eigenvalue weighted by atomic mass is 35.5. The summed E-state index contributed by atoms with van der Waals surface area (Å²) < 4.78 is 51.4. The van der Waals surface area contributed by atoms with Crippen LogP contribution in [0.5, 0.6) is 5.75 Å². The number of hydrogen-bond acceptors (Lipinski definition) is 4. The molecule has 0 spiro atoms. The number of aryl methyl sites for hydroxylation is 1. The van der Waals surface area contributed by atoms with E-state index in [9.17, 15) is 22.8 Å². The lowest BCUT2D eigenvalue weighted by Crippen LogP contribution is -2.34. The largest absolute Gasteiger partial charge is 0.495 e. The van der Waals surface area contributed by atoms with Gasteiger partial charge in [-0.15, -0.1) is 0 Å². The third-order valence-electron chi connectivity index (χ3n) is 5.16. The standard InChI is InChI=1S/C25H28Cl2F3NO4/c1-14(25(28,29)30)22(16-8-10-18(27)20(13-16)34-5)23(33)31-19-12-15(6-9-17(19)26)7-11-21(32)35-24(2,3)4/h6,8-10,12-14,22H,7,11H2,1-5H3,(H,31,33)/t14-,22+/m1/s1. The third kappa shape index (κ3) is 8.32. The van der Waals surface area contributed by atoms with Crippen LogP contribution in [0, 0.1) is 5.92 Å². The number of esters is 1. The fourth-order valence-electron chi connectivity index (χ4n) is 3.40. The van der Waals surface area contributed by atoms with Crippen molar-refractivity contribution in [1.29, 1.82) is 0 Å². The molecule has 1 N–H and O–H groups in total. The topological polar surface area (TPSA) is 64.6 Å². The number of rotatable bonds is 8. The first-order valence-electron chi connectivity index (χ1n) is 10.8. The summed E-state index contributed by atoms with van der Waals surface area (Å²) in [6, 6.07) is 8.76. The Labute approximate surface area is 212 Å². The summed E-state index contributed by atoms with van der Waals surface area (Å²) in [4.78, 5) is 25.2. The predicted octanol–water partition coefficient (Wildman–Crippen LogP) is 7.20. The third-order valence-corrected chi connectivity index (χ3v) is 5.80. The predicted molar refractivity (Wildman–Crippen MR) is 130 cm³/mol. The number of amides is 1. The van der Waals surface area contributed by atoms with E-state index in [0.29, 0.717) is 12.0 Å². The molecule has 0 saturated heterocycles. The van der Waals surface area contributed by atoms with E-state index in [1.54, 1.807) is 26.8 Å². The van der Waals surface area contributed by atoms with Gasteiger partial charge in [-0.2, -0.15) is 13.2 Å². The lowest BCUT2D eigenvalue weighted by Gasteiger charge is -2.26. The van der Waals surface area contributed by atoms with Crippen LogP contribution in [0.1, 0.15) is 51.2 Å². The Kier molecular flexibility index (Phi) is 9.48. The molecule has 2 rings (SSSR count). The van der Waals surface area contributed by atoms with E-state index in [1.165, 1.54) is 37.4 Å². The fourth-order valence-corrected chi connectivity index (χ4v) is 3.76. The summed E-state index contributed by atoms with van der Waals surface area (Å²) in [5.74, 6) is -4.75. The van der Waals surface area contributed by atoms with E-state index in [2.05, 4.69) is 5.32 Å². The SMILES string of the molecule is COc1cc([C@@H](C(=O)Nc2cc(CCC(=O)OC(C)(C)C)ccc2Cl)[C@@H](C)C(F)(F)F)ccc1Cl. The number of hydrogen-bond donors (Lipinski definition) is 1. The zero-order chi connectivity index (χ0) is 26.6. The van der Waals surface area contributed by atoms with E-state index in [1.807, 2.05) is 0 Å². The lowest BCUT2D eigenvalue weighted by atomic mass is 9.85. The van der Waals surface area contributed by atoms with Gasteiger partial charge in [0, 0.05) is 6.42 Å². The highest BCUT2D eigenvalue weighted by molar-refractivity contribution is 6.33. The summed E-state index contributed by atoms with van der Waals surface area (Å²) in [6.07, 6.45) is -4.26. The maximum Gasteiger partial charge on any atom is 0.392 e. The van der Waals surface area contributed by atoms with Crippen LogP contribution in [0.3, 0.4) is 0 Å². The fraction of sp³-hybridized carbons (Fsp3) is 0.440. The van der Waals surface area contributed by atoms with Gasteiger partial charge >= 0.3 is 12.1 Å². The van der Waals surface area contributed by atoms with Gasteiger partial charge in [0.15, 0.2) is 0 Å². The number of anilines is 1. The van der Waals surface area contributed by atoms with Crippen molar-refractivity contribution in [2.75, 3.05) is 12.4 Å². The molecule has 192 valence electrons. The molecule has 10 heteroatoms. The van der Waals surface area contributed by atoms with Crippen molar-refractivity contribution in [3.63, 3.8) is 0 Å². The molecular weight excluding hydrogens is 506 g/mol. The number of nitrogens with one attached hydrogen (secondary N) is 1. The van der Waals surface area contributed by atoms with Crippen molar-refractivity contribution in [1.82, 2.24) is 0 Å². The van der Waals surface area contributed by atoms with Crippen LogP contribution in [0.25, 0.3) is 0 Å². The molecule has 35 heavy (non-hydrogen) atoms. The molecule has 0 aromatic heterocycles. The van der Waals surface area contributed by atoms with Crippen LogP contribution >= 0.6 is 23.2 Å². The van der Waals surface area contributed by atoms with Gasteiger partial charge in [-0.3, -0.25) is 9.59 Å². The van der Waals surface area contributed by atoms with E-state index in [4.69, 9.17) is 32.7 Å². The van der Waals surface area contributed by atoms with Crippen LogP contribution in [0.2, 0.25) is 10.0 Å². The van der Waals surface area contributed by atoms with Crippen molar-refractivity contribution in [2.45, 2.75) is 58.2 Å². The molecule has 0 heterocycles. The number of carbonyl (C=O) groups excluding carboxylic acids is 2. The maximum atomic E-state index is 13.7. The smallest absolute Gasteiger partial charge is 0.392 e. The van der Waals surface area contributed by atoms with Crippen LogP contribution in [-0.2, 0) is 20.7 Å². The second-order valence-corrected chi connectivity index (χ2v) is 9.91. The molecule has 0 aliphatic carbocycles. The molecule has 0 aliphatic heterocycles. The average molecular weight is 534 g/mol. The maximum absolute atomic E-state index is 13.7. The minimum absolute atomic E-state index is 0.0879.